The lowest BCUT2D eigenvalue weighted by atomic mass is 10.3. The van der Waals surface area contributed by atoms with Gasteiger partial charge in [-0.2, -0.15) is 0 Å². The number of pyridine rings is 1. The number of rotatable bonds is 2. The molecule has 7 heteroatoms. The average Bonchev–Trinajstić information content (AvgIpc) is 3.14. The third kappa shape index (κ3) is 1.87. The van der Waals surface area contributed by atoms with Crippen LogP contribution in [0, 0.1) is 0 Å². The zero-order valence-electron chi connectivity index (χ0n) is 10.5. The Hall–Kier alpha value is -2.25. The molecule has 1 saturated heterocycles. The van der Waals surface area contributed by atoms with Crippen molar-refractivity contribution >= 4 is 17.6 Å². The first-order valence-corrected chi connectivity index (χ1v) is 7.15. The van der Waals surface area contributed by atoms with E-state index in [4.69, 9.17) is 4.98 Å². The van der Waals surface area contributed by atoms with Gasteiger partial charge in [-0.15, -0.1) is 11.3 Å². The van der Waals surface area contributed by atoms with Gasteiger partial charge in [0.15, 0.2) is 0 Å². The lowest BCUT2D eigenvalue weighted by Crippen LogP contribution is -2.30. The number of aliphatic imine (C=N–C) groups is 1. The Morgan fingerprint density at radius 2 is 2.20 bits per heavy atom. The van der Waals surface area contributed by atoms with Crippen molar-refractivity contribution in [1.29, 1.82) is 0 Å². The van der Waals surface area contributed by atoms with Gasteiger partial charge in [0.2, 0.25) is 0 Å². The highest BCUT2D eigenvalue weighted by Gasteiger charge is 2.31. The third-order valence-corrected chi connectivity index (χ3v) is 4.18. The number of hydrogen-bond acceptors (Lipinski definition) is 7. The van der Waals surface area contributed by atoms with Crippen molar-refractivity contribution < 1.29 is 0 Å². The van der Waals surface area contributed by atoms with Crippen LogP contribution in [0.3, 0.4) is 0 Å². The second-order valence-electron chi connectivity index (χ2n) is 4.48. The summed E-state index contributed by atoms with van der Waals surface area (Å²) < 4.78 is 0. The summed E-state index contributed by atoms with van der Waals surface area (Å²) in [5.74, 6) is 0.982. The molecule has 100 valence electrons. The van der Waals surface area contributed by atoms with Gasteiger partial charge >= 0.3 is 0 Å². The van der Waals surface area contributed by atoms with Crippen LogP contribution in [0.1, 0.15) is 11.9 Å². The number of aromatic nitrogens is 2. The SMILES string of the molecule is C1=NC=C2NNC(c3csc(-c4ccncc4)n3)N2C1. The summed E-state index contributed by atoms with van der Waals surface area (Å²) in [5, 5.41) is 3.09. The number of fused-ring (bicyclic) bond motifs is 1. The maximum absolute atomic E-state index is 4.73. The van der Waals surface area contributed by atoms with E-state index in [-0.39, 0.29) is 6.17 Å². The van der Waals surface area contributed by atoms with Gasteiger partial charge in [-0.05, 0) is 12.1 Å². The molecule has 2 aliphatic heterocycles. The standard InChI is InChI=1S/C13H12N6S/c1-3-14-4-2-9(1)13-16-10(8-20-13)12-18-17-11-7-15-5-6-19(11)12/h1-5,7-8,12,17-18H,6H2. The van der Waals surface area contributed by atoms with Gasteiger partial charge in [-0.3, -0.25) is 9.98 Å². The predicted octanol–water partition coefficient (Wildman–Crippen LogP) is 1.50. The molecule has 0 saturated carbocycles. The normalized spacial score (nSPS) is 20.5. The molecule has 6 nitrogen and oxygen atoms in total. The van der Waals surface area contributed by atoms with Crippen LogP contribution >= 0.6 is 11.3 Å². The third-order valence-electron chi connectivity index (χ3n) is 3.27. The molecule has 0 bridgehead atoms. The van der Waals surface area contributed by atoms with Gasteiger partial charge in [0.05, 0.1) is 18.4 Å². The number of hydrogen-bond donors (Lipinski definition) is 2. The molecular weight excluding hydrogens is 272 g/mol. The lowest BCUT2D eigenvalue weighted by molar-refractivity contribution is 0.308. The Labute approximate surface area is 119 Å². The molecule has 2 aromatic heterocycles. The smallest absolute Gasteiger partial charge is 0.142 e. The maximum atomic E-state index is 4.73. The van der Waals surface area contributed by atoms with E-state index in [0.29, 0.717) is 0 Å². The minimum atomic E-state index is 0.0415. The first-order valence-electron chi connectivity index (χ1n) is 6.27. The van der Waals surface area contributed by atoms with Crippen molar-refractivity contribution in [2.24, 2.45) is 4.99 Å². The van der Waals surface area contributed by atoms with Crippen LogP contribution in [-0.2, 0) is 0 Å². The highest BCUT2D eigenvalue weighted by atomic mass is 32.1. The van der Waals surface area contributed by atoms with Gasteiger partial charge in [0, 0.05) is 29.6 Å². The molecule has 2 aromatic rings. The molecule has 0 aliphatic carbocycles. The second-order valence-corrected chi connectivity index (χ2v) is 5.34. The minimum Gasteiger partial charge on any atom is -0.328 e. The van der Waals surface area contributed by atoms with Gasteiger partial charge < -0.3 is 10.3 Å². The molecule has 2 aliphatic rings. The van der Waals surface area contributed by atoms with Crippen LogP contribution < -0.4 is 10.9 Å². The van der Waals surface area contributed by atoms with Crippen molar-refractivity contribution in [1.82, 2.24) is 25.7 Å². The van der Waals surface area contributed by atoms with Gasteiger partial charge in [-0.25, -0.2) is 10.4 Å². The van der Waals surface area contributed by atoms with E-state index in [1.54, 1.807) is 23.7 Å². The van der Waals surface area contributed by atoms with E-state index in [2.05, 4.69) is 31.1 Å². The monoisotopic (exact) mass is 284 g/mol. The van der Waals surface area contributed by atoms with Crippen LogP contribution in [-0.4, -0.2) is 27.6 Å². The van der Waals surface area contributed by atoms with Crippen molar-refractivity contribution in [3.63, 3.8) is 0 Å². The number of thiazole rings is 1. The zero-order valence-corrected chi connectivity index (χ0v) is 11.3. The molecule has 0 radical (unpaired) electrons. The van der Waals surface area contributed by atoms with Crippen LogP contribution in [0.2, 0.25) is 0 Å². The molecule has 1 unspecified atom stereocenters. The molecule has 1 atom stereocenters. The highest BCUT2D eigenvalue weighted by Crippen LogP contribution is 2.30. The van der Waals surface area contributed by atoms with E-state index in [0.717, 1.165) is 28.6 Å². The summed E-state index contributed by atoms with van der Waals surface area (Å²) in [7, 11) is 0. The van der Waals surface area contributed by atoms with Gasteiger partial charge in [0.1, 0.15) is 17.0 Å². The fraction of sp³-hybridized carbons (Fsp3) is 0.154. The van der Waals surface area contributed by atoms with E-state index in [1.807, 2.05) is 24.5 Å². The Balaban J connectivity index is 1.63. The van der Waals surface area contributed by atoms with E-state index < -0.39 is 0 Å². The maximum Gasteiger partial charge on any atom is 0.142 e. The topological polar surface area (TPSA) is 65.4 Å². The molecule has 0 aromatic carbocycles. The summed E-state index contributed by atoms with van der Waals surface area (Å²) in [4.78, 5) is 15.1. The lowest BCUT2D eigenvalue weighted by Gasteiger charge is -2.23. The van der Waals surface area contributed by atoms with Gasteiger partial charge in [0.25, 0.3) is 0 Å². The Bertz CT molecular complexity index is 677. The number of nitrogens with zero attached hydrogens (tertiary/aromatic N) is 4. The summed E-state index contributed by atoms with van der Waals surface area (Å²) in [6.07, 6.45) is 7.31. The second kappa shape index (κ2) is 4.69. The van der Waals surface area contributed by atoms with Crippen molar-refractivity contribution in [2.45, 2.75) is 6.17 Å². The molecule has 1 fully saturated rings. The molecule has 0 spiro atoms. The molecule has 20 heavy (non-hydrogen) atoms. The minimum absolute atomic E-state index is 0.0415. The molecular formula is C13H12N6S. The Kier molecular flexibility index (Phi) is 2.71. The summed E-state index contributed by atoms with van der Waals surface area (Å²) in [6, 6.07) is 3.95. The van der Waals surface area contributed by atoms with Crippen molar-refractivity contribution in [2.75, 3.05) is 6.54 Å². The van der Waals surface area contributed by atoms with Crippen LogP contribution in [0.15, 0.2) is 46.9 Å². The van der Waals surface area contributed by atoms with Crippen LogP contribution in [0.25, 0.3) is 10.6 Å². The fourth-order valence-electron chi connectivity index (χ4n) is 2.27. The molecule has 2 N–H and O–H groups in total. The van der Waals surface area contributed by atoms with Gasteiger partial charge in [-0.1, -0.05) is 0 Å². The number of nitrogens with one attached hydrogen (secondary N) is 2. The van der Waals surface area contributed by atoms with E-state index >= 15 is 0 Å². The fourth-order valence-corrected chi connectivity index (χ4v) is 3.12. The first-order chi connectivity index (χ1) is 9.92. The van der Waals surface area contributed by atoms with Crippen LogP contribution in [0.5, 0.6) is 0 Å². The van der Waals surface area contributed by atoms with E-state index in [9.17, 15) is 0 Å². The Morgan fingerprint density at radius 3 is 3.10 bits per heavy atom. The molecule has 4 heterocycles. The van der Waals surface area contributed by atoms with Crippen molar-refractivity contribution in [3.8, 4) is 10.6 Å². The van der Waals surface area contributed by atoms with Crippen molar-refractivity contribution in [3.05, 3.63) is 47.6 Å². The Morgan fingerprint density at radius 1 is 1.30 bits per heavy atom. The first kappa shape index (κ1) is 11.6. The largest absolute Gasteiger partial charge is 0.328 e. The number of hydrazine groups is 1. The molecule has 4 rings (SSSR count). The quantitative estimate of drug-likeness (QED) is 0.875. The zero-order chi connectivity index (χ0) is 13.4. The summed E-state index contributed by atoms with van der Waals surface area (Å²) in [6.45, 7) is 0.776. The summed E-state index contributed by atoms with van der Waals surface area (Å²) >= 11 is 1.64. The van der Waals surface area contributed by atoms with E-state index in [1.165, 1.54) is 0 Å². The summed E-state index contributed by atoms with van der Waals surface area (Å²) in [5.41, 5.74) is 8.48. The predicted molar refractivity (Wildman–Crippen MR) is 77.6 cm³/mol. The molecule has 0 amide bonds. The highest BCUT2D eigenvalue weighted by molar-refractivity contribution is 7.13. The van der Waals surface area contributed by atoms with Crippen LogP contribution in [0.4, 0.5) is 0 Å². The average molecular weight is 284 g/mol.